The van der Waals surface area contributed by atoms with E-state index in [0.29, 0.717) is 37.6 Å². The molecule has 8 nitrogen and oxygen atoms in total. The number of furan rings is 1. The molecule has 1 aromatic heterocycles. The number of carbonyl (C=O) groups excluding carboxylic acids is 3. The molecule has 0 N–H and O–H groups in total. The molecule has 1 amide bonds. The van der Waals surface area contributed by atoms with Gasteiger partial charge in [0.1, 0.15) is 11.7 Å². The summed E-state index contributed by atoms with van der Waals surface area (Å²) in [7, 11) is 1.56. The van der Waals surface area contributed by atoms with Crippen LogP contribution in [-0.4, -0.2) is 73.8 Å². The number of ketones is 2. The highest BCUT2D eigenvalue weighted by molar-refractivity contribution is 6.43. The van der Waals surface area contributed by atoms with Crippen LogP contribution in [0.1, 0.15) is 22.2 Å². The van der Waals surface area contributed by atoms with Gasteiger partial charge in [-0.25, -0.2) is 0 Å². The van der Waals surface area contributed by atoms with E-state index in [1.807, 2.05) is 0 Å². The van der Waals surface area contributed by atoms with E-state index in [1.165, 1.54) is 17.2 Å². The number of rotatable bonds is 7. The Kier molecular flexibility index (Phi) is 5.96. The zero-order valence-corrected chi connectivity index (χ0v) is 16.8. The summed E-state index contributed by atoms with van der Waals surface area (Å²) in [4.78, 5) is 42.6. The van der Waals surface area contributed by atoms with Gasteiger partial charge in [0, 0.05) is 26.2 Å². The third kappa shape index (κ3) is 3.88. The number of ether oxygens (including phenoxy) is 2. The maximum atomic E-state index is 13.1. The number of likely N-dealkylation sites (tertiary alicyclic amines) is 1. The van der Waals surface area contributed by atoms with Crippen LogP contribution < -0.4 is 4.74 Å². The molecule has 0 saturated carbocycles. The monoisotopic (exact) mass is 412 g/mol. The number of nitrogens with zero attached hydrogens (tertiary/aromatic N) is 2. The summed E-state index contributed by atoms with van der Waals surface area (Å²) in [5.41, 5.74) is 0.710. The second-order valence-corrected chi connectivity index (χ2v) is 7.35. The Bertz CT molecular complexity index is 902. The summed E-state index contributed by atoms with van der Waals surface area (Å²) in [6.07, 6.45) is 1.38. The molecule has 1 aromatic carbocycles. The SMILES string of the molecule is COc1ccc(C2C(C(=O)c3ccco3)C(=O)C(=O)N2CCN2CCOCC2)cc1. The fraction of sp³-hybridized carbons (Fsp3) is 0.409. The van der Waals surface area contributed by atoms with Gasteiger partial charge in [0.05, 0.1) is 32.6 Å². The fourth-order valence-electron chi connectivity index (χ4n) is 4.05. The van der Waals surface area contributed by atoms with Crippen LogP contribution in [0, 0.1) is 5.92 Å². The first-order valence-corrected chi connectivity index (χ1v) is 9.96. The van der Waals surface area contributed by atoms with Gasteiger partial charge in [-0.3, -0.25) is 19.3 Å². The van der Waals surface area contributed by atoms with Gasteiger partial charge in [-0.2, -0.15) is 0 Å². The number of carbonyl (C=O) groups is 3. The highest BCUT2D eigenvalue weighted by Crippen LogP contribution is 2.38. The quantitative estimate of drug-likeness (QED) is 0.387. The zero-order valence-electron chi connectivity index (χ0n) is 16.8. The van der Waals surface area contributed by atoms with Crippen molar-refractivity contribution in [2.45, 2.75) is 6.04 Å². The lowest BCUT2D eigenvalue weighted by Crippen LogP contribution is -2.42. The van der Waals surface area contributed by atoms with Gasteiger partial charge in [0.2, 0.25) is 11.6 Å². The molecule has 158 valence electrons. The lowest BCUT2D eigenvalue weighted by atomic mass is 9.88. The summed E-state index contributed by atoms with van der Waals surface area (Å²) >= 11 is 0. The van der Waals surface area contributed by atoms with Gasteiger partial charge in [0.15, 0.2) is 5.76 Å². The number of hydrogen-bond donors (Lipinski definition) is 0. The Morgan fingerprint density at radius 1 is 1.10 bits per heavy atom. The van der Waals surface area contributed by atoms with Crippen molar-refractivity contribution in [3.63, 3.8) is 0 Å². The first-order valence-electron chi connectivity index (χ1n) is 9.96. The van der Waals surface area contributed by atoms with Crippen molar-refractivity contribution in [2.75, 3.05) is 46.5 Å². The number of Topliss-reactive ketones (excluding diaryl/α,β-unsaturated/α-hetero) is 2. The molecule has 2 aliphatic rings. The number of hydrogen-bond acceptors (Lipinski definition) is 7. The number of morpholine rings is 1. The minimum absolute atomic E-state index is 0.0784. The summed E-state index contributed by atoms with van der Waals surface area (Å²) in [5.74, 6) is -2.21. The average molecular weight is 412 g/mol. The van der Waals surface area contributed by atoms with Crippen molar-refractivity contribution >= 4 is 17.5 Å². The third-order valence-electron chi connectivity index (χ3n) is 5.67. The van der Waals surface area contributed by atoms with Crippen LogP contribution >= 0.6 is 0 Å². The molecule has 3 heterocycles. The minimum atomic E-state index is -1.14. The minimum Gasteiger partial charge on any atom is -0.497 e. The lowest BCUT2D eigenvalue weighted by Gasteiger charge is -2.31. The van der Waals surface area contributed by atoms with Crippen LogP contribution in [0.2, 0.25) is 0 Å². The smallest absolute Gasteiger partial charge is 0.291 e. The van der Waals surface area contributed by atoms with Gasteiger partial charge in [-0.15, -0.1) is 0 Å². The van der Waals surface area contributed by atoms with E-state index >= 15 is 0 Å². The maximum absolute atomic E-state index is 13.1. The molecule has 2 atom stereocenters. The summed E-state index contributed by atoms with van der Waals surface area (Å²) < 4.78 is 15.8. The Balaban J connectivity index is 1.64. The van der Waals surface area contributed by atoms with Crippen LogP contribution in [0.15, 0.2) is 47.1 Å². The molecule has 4 rings (SSSR count). The van der Waals surface area contributed by atoms with E-state index in [2.05, 4.69) is 4.90 Å². The number of methoxy groups -OCH3 is 1. The topological polar surface area (TPSA) is 89.3 Å². The van der Waals surface area contributed by atoms with E-state index in [-0.39, 0.29) is 5.76 Å². The van der Waals surface area contributed by atoms with Crippen LogP contribution in [-0.2, 0) is 14.3 Å². The molecule has 2 aromatic rings. The largest absolute Gasteiger partial charge is 0.497 e. The van der Waals surface area contributed by atoms with Gasteiger partial charge in [-0.05, 0) is 29.8 Å². The molecule has 0 spiro atoms. The predicted molar refractivity (Wildman–Crippen MR) is 106 cm³/mol. The molecule has 2 saturated heterocycles. The fourth-order valence-corrected chi connectivity index (χ4v) is 4.05. The first-order chi connectivity index (χ1) is 14.6. The standard InChI is InChI=1S/C22H24N2O6/c1-28-16-6-4-15(5-7-16)19-18(20(25)17-3-2-12-30-17)21(26)22(27)24(19)9-8-23-10-13-29-14-11-23/h2-7,12,18-19H,8-11,13-14H2,1H3. The van der Waals surface area contributed by atoms with Crippen molar-refractivity contribution in [1.82, 2.24) is 9.80 Å². The highest BCUT2D eigenvalue weighted by atomic mass is 16.5. The van der Waals surface area contributed by atoms with Crippen LogP contribution in [0.25, 0.3) is 0 Å². The summed E-state index contributed by atoms with van der Waals surface area (Å²) in [6, 6.07) is 9.52. The Labute approximate surface area is 174 Å². The third-order valence-corrected chi connectivity index (χ3v) is 5.67. The van der Waals surface area contributed by atoms with Gasteiger partial charge in [0.25, 0.3) is 5.91 Å². The molecule has 30 heavy (non-hydrogen) atoms. The van der Waals surface area contributed by atoms with Crippen molar-refractivity contribution in [3.05, 3.63) is 54.0 Å². The molecule has 2 aliphatic heterocycles. The lowest BCUT2D eigenvalue weighted by molar-refractivity contribution is -0.141. The van der Waals surface area contributed by atoms with Crippen molar-refractivity contribution in [3.8, 4) is 5.75 Å². The molecule has 0 radical (unpaired) electrons. The number of amides is 1. The molecule has 0 aliphatic carbocycles. The maximum Gasteiger partial charge on any atom is 0.291 e. The van der Waals surface area contributed by atoms with E-state index < -0.39 is 29.4 Å². The van der Waals surface area contributed by atoms with E-state index in [4.69, 9.17) is 13.9 Å². The van der Waals surface area contributed by atoms with E-state index in [1.54, 1.807) is 37.4 Å². The Morgan fingerprint density at radius 2 is 1.83 bits per heavy atom. The van der Waals surface area contributed by atoms with E-state index in [0.717, 1.165) is 13.1 Å². The summed E-state index contributed by atoms with van der Waals surface area (Å²) in [5, 5.41) is 0. The van der Waals surface area contributed by atoms with Gasteiger partial charge in [-0.1, -0.05) is 12.1 Å². The summed E-state index contributed by atoms with van der Waals surface area (Å²) in [6.45, 7) is 3.80. The van der Waals surface area contributed by atoms with Gasteiger partial charge >= 0.3 is 0 Å². The molecule has 8 heteroatoms. The second kappa shape index (κ2) is 8.81. The van der Waals surface area contributed by atoms with Crippen molar-refractivity contribution in [2.24, 2.45) is 5.92 Å². The zero-order chi connectivity index (χ0) is 21.1. The Morgan fingerprint density at radius 3 is 2.47 bits per heavy atom. The molecule has 2 unspecified atom stereocenters. The molecular formula is C22H24N2O6. The number of benzene rings is 1. The Hall–Kier alpha value is -2.97. The van der Waals surface area contributed by atoms with Crippen molar-refractivity contribution in [1.29, 1.82) is 0 Å². The molecule has 2 fully saturated rings. The second-order valence-electron chi connectivity index (χ2n) is 7.35. The van der Waals surface area contributed by atoms with Gasteiger partial charge < -0.3 is 18.8 Å². The highest BCUT2D eigenvalue weighted by Gasteiger charge is 2.52. The predicted octanol–water partition coefficient (Wildman–Crippen LogP) is 1.57. The van der Waals surface area contributed by atoms with Crippen LogP contribution in [0.4, 0.5) is 0 Å². The average Bonchev–Trinajstić information content (AvgIpc) is 3.41. The first kappa shape index (κ1) is 20.3. The van der Waals surface area contributed by atoms with Crippen LogP contribution in [0.5, 0.6) is 5.75 Å². The van der Waals surface area contributed by atoms with Crippen molar-refractivity contribution < 1.29 is 28.3 Å². The molecular weight excluding hydrogens is 388 g/mol. The van der Waals surface area contributed by atoms with E-state index in [9.17, 15) is 14.4 Å². The molecule has 0 bridgehead atoms. The van der Waals surface area contributed by atoms with Crippen LogP contribution in [0.3, 0.4) is 0 Å². The normalized spacial score (nSPS) is 22.5.